The van der Waals surface area contributed by atoms with Gasteiger partial charge in [-0.2, -0.15) is 5.10 Å². The molecule has 2 aromatic heterocycles. The molecule has 0 unspecified atom stereocenters. The summed E-state index contributed by atoms with van der Waals surface area (Å²) in [7, 11) is 0. The average molecular weight is 340 g/mol. The fourth-order valence-corrected chi connectivity index (χ4v) is 2.55. The second-order valence-electron chi connectivity index (χ2n) is 5.68. The minimum absolute atomic E-state index is 0.0395. The van der Waals surface area contributed by atoms with Crippen molar-refractivity contribution in [3.05, 3.63) is 54.4 Å². The molecule has 0 saturated heterocycles. The van der Waals surface area contributed by atoms with Gasteiger partial charge in [-0.05, 0) is 29.3 Å². The zero-order valence-electron chi connectivity index (χ0n) is 14.0. The van der Waals surface area contributed by atoms with Gasteiger partial charge in [0, 0.05) is 13.0 Å². The first kappa shape index (κ1) is 16.7. The van der Waals surface area contributed by atoms with Gasteiger partial charge in [-0.1, -0.05) is 30.3 Å². The first-order valence-corrected chi connectivity index (χ1v) is 8.12. The topological polar surface area (TPSA) is 103 Å². The zero-order valence-corrected chi connectivity index (χ0v) is 14.0. The Hall–Kier alpha value is -3.10. The van der Waals surface area contributed by atoms with Crippen molar-refractivity contribution in [2.24, 2.45) is 0 Å². The van der Waals surface area contributed by atoms with E-state index in [1.54, 1.807) is 15.7 Å². The number of hydrogen-bond donors (Lipinski definition) is 1. The molecule has 1 aromatic carbocycles. The summed E-state index contributed by atoms with van der Waals surface area (Å²) in [4.78, 5) is 16.3. The summed E-state index contributed by atoms with van der Waals surface area (Å²) < 4.78 is 3.37. The molecule has 9 heteroatoms. The number of amides is 1. The lowest BCUT2D eigenvalue weighted by atomic mass is 10.0. The van der Waals surface area contributed by atoms with Crippen LogP contribution in [0.1, 0.15) is 30.3 Å². The molecule has 2 heterocycles. The molecule has 130 valence electrons. The molecule has 1 atom stereocenters. The number of carbonyl (C=O) groups excluding carboxylic acids is 1. The molecule has 0 radical (unpaired) electrons. The number of nitrogens with zero attached hydrogens (tertiary/aromatic N) is 7. The van der Waals surface area contributed by atoms with Crippen LogP contribution in [0.3, 0.4) is 0 Å². The summed E-state index contributed by atoms with van der Waals surface area (Å²) in [5.41, 5.74) is 1.06. The van der Waals surface area contributed by atoms with E-state index >= 15 is 0 Å². The molecule has 25 heavy (non-hydrogen) atoms. The molecule has 1 N–H and O–H groups in total. The molecule has 0 spiro atoms. The van der Waals surface area contributed by atoms with Crippen LogP contribution < -0.4 is 5.32 Å². The van der Waals surface area contributed by atoms with E-state index in [2.05, 4.69) is 30.9 Å². The van der Waals surface area contributed by atoms with Gasteiger partial charge in [-0.25, -0.2) is 9.67 Å². The van der Waals surface area contributed by atoms with Crippen molar-refractivity contribution in [3.8, 4) is 0 Å². The molecular weight excluding hydrogens is 320 g/mol. The Kier molecular flexibility index (Phi) is 5.45. The Balaban J connectivity index is 1.60. The van der Waals surface area contributed by atoms with Crippen molar-refractivity contribution in [1.29, 1.82) is 0 Å². The lowest BCUT2D eigenvalue weighted by Gasteiger charge is -2.19. The Labute approximate surface area is 145 Å². The lowest BCUT2D eigenvalue weighted by molar-refractivity contribution is -0.122. The number of nitrogens with one attached hydrogen (secondary N) is 1. The summed E-state index contributed by atoms with van der Waals surface area (Å²) in [6.07, 6.45) is 4.22. The standard InChI is InChI=1S/C16H20N8O/c1-13-20-21-22-24(13)10-8-16(25)19-15(14-5-3-2-4-6-14)7-9-23-12-17-11-18-23/h2-6,11-12,15H,7-10H2,1H3,(H,19,25)/t15-/m1/s1. The van der Waals surface area contributed by atoms with Crippen molar-refractivity contribution in [1.82, 2.24) is 40.3 Å². The maximum atomic E-state index is 12.4. The Morgan fingerprint density at radius 1 is 1.24 bits per heavy atom. The molecule has 9 nitrogen and oxygen atoms in total. The van der Waals surface area contributed by atoms with Crippen molar-refractivity contribution < 1.29 is 4.79 Å². The fraction of sp³-hybridized carbons (Fsp3) is 0.375. The van der Waals surface area contributed by atoms with Crippen LogP contribution in [0.5, 0.6) is 0 Å². The predicted molar refractivity (Wildman–Crippen MR) is 89.1 cm³/mol. The van der Waals surface area contributed by atoms with E-state index in [1.165, 1.54) is 6.33 Å². The maximum Gasteiger partial charge on any atom is 0.222 e. The van der Waals surface area contributed by atoms with Crippen LogP contribution in [0, 0.1) is 6.92 Å². The largest absolute Gasteiger partial charge is 0.349 e. The normalized spacial score (nSPS) is 12.0. The molecule has 0 aliphatic carbocycles. The number of carbonyl (C=O) groups is 1. The van der Waals surface area contributed by atoms with Crippen molar-refractivity contribution in [3.63, 3.8) is 0 Å². The lowest BCUT2D eigenvalue weighted by Crippen LogP contribution is -2.30. The molecule has 0 fully saturated rings. The summed E-state index contributed by atoms with van der Waals surface area (Å²) in [6, 6.07) is 9.83. The monoisotopic (exact) mass is 340 g/mol. The molecule has 0 bridgehead atoms. The SMILES string of the molecule is Cc1nnnn1CCC(=O)N[C@H](CCn1cncn1)c1ccccc1. The van der Waals surface area contributed by atoms with Gasteiger partial charge in [0.2, 0.25) is 5.91 Å². The maximum absolute atomic E-state index is 12.4. The average Bonchev–Trinajstić information content (AvgIpc) is 3.29. The first-order valence-electron chi connectivity index (χ1n) is 8.12. The quantitative estimate of drug-likeness (QED) is 0.654. The minimum Gasteiger partial charge on any atom is -0.349 e. The predicted octanol–water partition coefficient (Wildman–Crippen LogP) is 0.911. The number of rotatable bonds is 8. The molecular formula is C16H20N8O. The molecule has 0 aliphatic heterocycles. The van der Waals surface area contributed by atoms with Crippen LogP contribution >= 0.6 is 0 Å². The van der Waals surface area contributed by atoms with Crippen LogP contribution in [-0.2, 0) is 17.9 Å². The van der Waals surface area contributed by atoms with E-state index in [0.29, 0.717) is 25.3 Å². The van der Waals surface area contributed by atoms with E-state index in [-0.39, 0.29) is 11.9 Å². The second-order valence-corrected chi connectivity index (χ2v) is 5.68. The van der Waals surface area contributed by atoms with Gasteiger partial charge >= 0.3 is 0 Å². The summed E-state index contributed by atoms with van der Waals surface area (Å²) in [6.45, 7) is 2.93. The number of aryl methyl sites for hydroxylation is 3. The van der Waals surface area contributed by atoms with Gasteiger partial charge in [0.05, 0.1) is 12.6 Å². The third kappa shape index (κ3) is 4.69. The van der Waals surface area contributed by atoms with E-state index in [9.17, 15) is 4.79 Å². The molecule has 0 aliphatic rings. The fourth-order valence-electron chi connectivity index (χ4n) is 2.55. The van der Waals surface area contributed by atoms with E-state index in [0.717, 1.165) is 12.0 Å². The highest BCUT2D eigenvalue weighted by atomic mass is 16.1. The molecule has 3 aromatic rings. The highest BCUT2D eigenvalue weighted by Gasteiger charge is 2.15. The van der Waals surface area contributed by atoms with Crippen LogP contribution in [0.2, 0.25) is 0 Å². The molecule has 3 rings (SSSR count). The van der Waals surface area contributed by atoms with Crippen LogP contribution in [0.4, 0.5) is 0 Å². The zero-order chi connectivity index (χ0) is 17.5. The number of hydrogen-bond acceptors (Lipinski definition) is 6. The van der Waals surface area contributed by atoms with Gasteiger partial charge in [-0.15, -0.1) is 5.10 Å². The number of benzene rings is 1. The van der Waals surface area contributed by atoms with Gasteiger partial charge < -0.3 is 5.32 Å². The van der Waals surface area contributed by atoms with E-state index < -0.39 is 0 Å². The van der Waals surface area contributed by atoms with Gasteiger partial charge in [0.25, 0.3) is 0 Å². The smallest absolute Gasteiger partial charge is 0.222 e. The Morgan fingerprint density at radius 2 is 2.08 bits per heavy atom. The third-order valence-corrected chi connectivity index (χ3v) is 3.91. The number of tetrazole rings is 1. The summed E-state index contributed by atoms with van der Waals surface area (Å²) in [5.74, 6) is 0.654. The number of aromatic nitrogens is 7. The Morgan fingerprint density at radius 3 is 2.76 bits per heavy atom. The van der Waals surface area contributed by atoms with Gasteiger partial charge in [0.15, 0.2) is 0 Å². The van der Waals surface area contributed by atoms with Crippen LogP contribution in [0.25, 0.3) is 0 Å². The molecule has 1 amide bonds. The minimum atomic E-state index is -0.0899. The van der Waals surface area contributed by atoms with E-state index in [4.69, 9.17) is 0 Å². The third-order valence-electron chi connectivity index (χ3n) is 3.91. The van der Waals surface area contributed by atoms with Crippen molar-refractivity contribution in [2.45, 2.75) is 38.9 Å². The van der Waals surface area contributed by atoms with Gasteiger partial charge in [-0.3, -0.25) is 9.48 Å². The highest BCUT2D eigenvalue weighted by molar-refractivity contribution is 5.76. The van der Waals surface area contributed by atoms with Crippen LogP contribution in [0.15, 0.2) is 43.0 Å². The second kappa shape index (κ2) is 8.13. The van der Waals surface area contributed by atoms with Crippen molar-refractivity contribution in [2.75, 3.05) is 0 Å². The first-order chi connectivity index (χ1) is 12.2. The van der Waals surface area contributed by atoms with Crippen LogP contribution in [-0.4, -0.2) is 40.9 Å². The summed E-state index contributed by atoms with van der Waals surface area (Å²) in [5, 5.41) is 18.5. The highest BCUT2D eigenvalue weighted by Crippen LogP contribution is 2.17. The van der Waals surface area contributed by atoms with Crippen molar-refractivity contribution >= 4 is 5.91 Å². The molecule has 0 saturated carbocycles. The Bertz CT molecular complexity index is 784. The van der Waals surface area contributed by atoms with Gasteiger partial charge in [0.1, 0.15) is 18.5 Å². The van der Waals surface area contributed by atoms with E-state index in [1.807, 2.05) is 37.3 Å². The summed E-state index contributed by atoms with van der Waals surface area (Å²) >= 11 is 0.